The van der Waals surface area contributed by atoms with Crippen LogP contribution in [0.15, 0.2) is 41.5 Å². The van der Waals surface area contributed by atoms with Crippen molar-refractivity contribution >= 4 is 12.4 Å². The molecule has 1 aliphatic heterocycles. The minimum absolute atomic E-state index is 0.969. The SMILES string of the molecule is C=NN1CCc2c1ccc1c2Cc2ccccc2C1. The Morgan fingerprint density at radius 2 is 1.68 bits per heavy atom. The fraction of sp³-hybridized carbons (Fsp3) is 0.235. The molecule has 2 aliphatic rings. The molecular weight excluding hydrogens is 232 g/mol. The first-order valence-electron chi connectivity index (χ1n) is 6.81. The van der Waals surface area contributed by atoms with Gasteiger partial charge in [0.2, 0.25) is 0 Å². The summed E-state index contributed by atoms with van der Waals surface area (Å²) in [6, 6.07) is 13.3. The Morgan fingerprint density at radius 1 is 0.895 bits per heavy atom. The number of benzene rings is 2. The number of hydrogen-bond donors (Lipinski definition) is 0. The number of nitrogens with zero attached hydrogens (tertiary/aromatic N) is 2. The van der Waals surface area contributed by atoms with Gasteiger partial charge in [0.05, 0.1) is 5.69 Å². The molecule has 0 atom stereocenters. The van der Waals surface area contributed by atoms with E-state index in [-0.39, 0.29) is 0 Å². The summed E-state index contributed by atoms with van der Waals surface area (Å²) in [6.45, 7) is 4.63. The van der Waals surface area contributed by atoms with Crippen LogP contribution in [0.3, 0.4) is 0 Å². The molecule has 2 aromatic carbocycles. The van der Waals surface area contributed by atoms with Crippen molar-refractivity contribution in [1.29, 1.82) is 0 Å². The molecule has 2 heteroatoms. The third-order valence-corrected chi connectivity index (χ3v) is 4.39. The minimum Gasteiger partial charge on any atom is -0.266 e. The molecule has 0 fully saturated rings. The Kier molecular flexibility index (Phi) is 2.25. The maximum Gasteiger partial charge on any atom is 0.0629 e. The largest absolute Gasteiger partial charge is 0.266 e. The fourth-order valence-electron chi connectivity index (χ4n) is 3.42. The van der Waals surface area contributed by atoms with Crippen LogP contribution in [0.25, 0.3) is 0 Å². The lowest BCUT2D eigenvalue weighted by Gasteiger charge is -2.22. The normalized spacial score (nSPS) is 15.7. The fourth-order valence-corrected chi connectivity index (χ4v) is 3.42. The number of rotatable bonds is 1. The van der Waals surface area contributed by atoms with Crippen molar-refractivity contribution in [3.8, 4) is 0 Å². The van der Waals surface area contributed by atoms with Gasteiger partial charge >= 0.3 is 0 Å². The summed E-state index contributed by atoms with van der Waals surface area (Å²) in [4.78, 5) is 0. The van der Waals surface area contributed by atoms with Crippen molar-refractivity contribution in [2.45, 2.75) is 19.3 Å². The molecule has 2 nitrogen and oxygen atoms in total. The van der Waals surface area contributed by atoms with Crippen LogP contribution >= 0.6 is 0 Å². The number of hydrogen-bond acceptors (Lipinski definition) is 2. The Morgan fingerprint density at radius 3 is 2.47 bits per heavy atom. The summed E-state index contributed by atoms with van der Waals surface area (Å²) in [5.74, 6) is 0. The minimum atomic E-state index is 0.969. The van der Waals surface area contributed by atoms with Crippen molar-refractivity contribution in [3.63, 3.8) is 0 Å². The molecule has 0 amide bonds. The lowest BCUT2D eigenvalue weighted by molar-refractivity contribution is 0.894. The van der Waals surface area contributed by atoms with E-state index >= 15 is 0 Å². The summed E-state index contributed by atoms with van der Waals surface area (Å²) in [7, 11) is 0. The third kappa shape index (κ3) is 1.53. The van der Waals surface area contributed by atoms with Gasteiger partial charge in [0.1, 0.15) is 0 Å². The predicted molar refractivity (Wildman–Crippen MR) is 79.1 cm³/mol. The van der Waals surface area contributed by atoms with Gasteiger partial charge in [-0.25, -0.2) is 0 Å². The van der Waals surface area contributed by atoms with Gasteiger partial charge in [0.25, 0.3) is 0 Å². The maximum absolute atomic E-state index is 4.11. The van der Waals surface area contributed by atoms with E-state index in [0.29, 0.717) is 0 Å². The smallest absolute Gasteiger partial charge is 0.0629 e. The molecule has 4 rings (SSSR count). The molecule has 0 spiro atoms. The van der Waals surface area contributed by atoms with Crippen molar-refractivity contribution in [1.82, 2.24) is 0 Å². The Balaban J connectivity index is 1.85. The first-order chi connectivity index (χ1) is 9.36. The Bertz CT molecular complexity index is 673. The van der Waals surface area contributed by atoms with Gasteiger partial charge in [0, 0.05) is 13.3 Å². The average molecular weight is 248 g/mol. The van der Waals surface area contributed by atoms with E-state index in [4.69, 9.17) is 0 Å². The van der Waals surface area contributed by atoms with Crippen LogP contribution in [0.5, 0.6) is 0 Å². The molecule has 0 saturated carbocycles. The predicted octanol–water partition coefficient (Wildman–Crippen LogP) is 3.16. The molecule has 0 radical (unpaired) electrons. The molecule has 0 aromatic heterocycles. The van der Waals surface area contributed by atoms with E-state index in [1.54, 1.807) is 0 Å². The highest BCUT2D eigenvalue weighted by molar-refractivity contribution is 5.65. The van der Waals surface area contributed by atoms with E-state index < -0.39 is 0 Å². The number of hydrazone groups is 1. The van der Waals surface area contributed by atoms with Gasteiger partial charge in [-0.3, -0.25) is 5.01 Å². The highest BCUT2D eigenvalue weighted by atomic mass is 15.5. The molecule has 0 bridgehead atoms. The number of fused-ring (bicyclic) bond motifs is 4. The van der Waals surface area contributed by atoms with Crippen LogP contribution in [-0.4, -0.2) is 13.3 Å². The monoisotopic (exact) mass is 248 g/mol. The average Bonchev–Trinajstić information content (AvgIpc) is 2.88. The van der Waals surface area contributed by atoms with Crippen LogP contribution in [0, 0.1) is 0 Å². The van der Waals surface area contributed by atoms with Gasteiger partial charge in [-0.2, -0.15) is 5.10 Å². The second kappa shape index (κ2) is 3.95. The maximum atomic E-state index is 4.11. The molecule has 0 N–H and O–H groups in total. The zero-order valence-corrected chi connectivity index (χ0v) is 10.9. The summed E-state index contributed by atoms with van der Waals surface area (Å²) in [5.41, 5.74) is 8.72. The van der Waals surface area contributed by atoms with Gasteiger partial charge in [-0.05, 0) is 53.1 Å². The highest BCUT2D eigenvalue weighted by Crippen LogP contribution is 2.37. The van der Waals surface area contributed by atoms with E-state index in [9.17, 15) is 0 Å². The molecule has 94 valence electrons. The van der Waals surface area contributed by atoms with E-state index in [1.807, 2.05) is 5.01 Å². The van der Waals surface area contributed by atoms with Crippen molar-refractivity contribution in [2.24, 2.45) is 5.10 Å². The van der Waals surface area contributed by atoms with Crippen molar-refractivity contribution in [3.05, 3.63) is 64.2 Å². The van der Waals surface area contributed by atoms with E-state index in [1.165, 1.54) is 33.5 Å². The van der Waals surface area contributed by atoms with Crippen LogP contribution in [-0.2, 0) is 19.3 Å². The topological polar surface area (TPSA) is 15.6 Å². The van der Waals surface area contributed by atoms with E-state index in [2.05, 4.69) is 48.2 Å². The molecular formula is C17H16N2. The first-order valence-corrected chi connectivity index (χ1v) is 6.81. The zero-order valence-electron chi connectivity index (χ0n) is 10.9. The zero-order chi connectivity index (χ0) is 12.8. The van der Waals surface area contributed by atoms with Crippen molar-refractivity contribution < 1.29 is 0 Å². The van der Waals surface area contributed by atoms with Gasteiger partial charge < -0.3 is 0 Å². The van der Waals surface area contributed by atoms with Gasteiger partial charge in [-0.15, -0.1) is 0 Å². The van der Waals surface area contributed by atoms with Crippen LogP contribution in [0.4, 0.5) is 5.69 Å². The second-order valence-corrected chi connectivity index (χ2v) is 5.34. The quantitative estimate of drug-likeness (QED) is 0.604. The highest BCUT2D eigenvalue weighted by Gasteiger charge is 2.25. The molecule has 0 unspecified atom stereocenters. The second-order valence-electron chi connectivity index (χ2n) is 5.34. The van der Waals surface area contributed by atoms with Crippen LogP contribution in [0.2, 0.25) is 0 Å². The van der Waals surface area contributed by atoms with Crippen molar-refractivity contribution in [2.75, 3.05) is 11.6 Å². The van der Waals surface area contributed by atoms with Crippen LogP contribution < -0.4 is 5.01 Å². The summed E-state index contributed by atoms with van der Waals surface area (Å²) in [6.07, 6.45) is 3.24. The summed E-state index contributed by atoms with van der Waals surface area (Å²) >= 11 is 0. The third-order valence-electron chi connectivity index (χ3n) is 4.39. The number of anilines is 1. The van der Waals surface area contributed by atoms with E-state index in [0.717, 1.165) is 25.8 Å². The Hall–Kier alpha value is -2.09. The summed E-state index contributed by atoms with van der Waals surface area (Å²) < 4.78 is 0. The molecule has 1 heterocycles. The molecule has 19 heavy (non-hydrogen) atoms. The summed E-state index contributed by atoms with van der Waals surface area (Å²) in [5, 5.41) is 6.13. The lowest BCUT2D eigenvalue weighted by Crippen LogP contribution is -2.11. The van der Waals surface area contributed by atoms with Gasteiger partial charge in [0.15, 0.2) is 0 Å². The molecule has 2 aromatic rings. The van der Waals surface area contributed by atoms with Crippen LogP contribution in [0.1, 0.15) is 27.8 Å². The molecule has 1 aliphatic carbocycles. The molecule has 0 saturated heterocycles. The van der Waals surface area contributed by atoms with Gasteiger partial charge in [-0.1, -0.05) is 30.3 Å². The Labute approximate surface area is 113 Å². The first kappa shape index (κ1) is 10.8. The standard InChI is InChI=1S/C17H16N2/c1-18-19-9-8-15-16-11-13-5-3-2-4-12(13)10-14(16)6-7-17(15)19/h2-7H,1,8-11H2. The lowest BCUT2D eigenvalue weighted by atomic mass is 9.83.